The van der Waals surface area contributed by atoms with Gasteiger partial charge >= 0.3 is 0 Å². The van der Waals surface area contributed by atoms with E-state index in [2.05, 4.69) is 10.3 Å². The summed E-state index contributed by atoms with van der Waals surface area (Å²) in [7, 11) is 0. The molecule has 0 aliphatic carbocycles. The molecule has 0 saturated heterocycles. The van der Waals surface area contributed by atoms with Gasteiger partial charge in [-0.05, 0) is 41.5 Å². The molecule has 0 rings (SSSR count). The Bertz CT molecular complexity index is 236. The fourth-order valence-electron chi connectivity index (χ4n) is 0.258. The summed E-state index contributed by atoms with van der Waals surface area (Å²) in [6.07, 6.45) is 0. The third-order valence-corrected chi connectivity index (χ3v) is 2.16. The van der Waals surface area contributed by atoms with Gasteiger partial charge in [-0.2, -0.15) is 0 Å². The maximum Gasteiger partial charge on any atom is 0.0732 e. The van der Waals surface area contributed by atoms with Gasteiger partial charge in [0, 0.05) is 21.1 Å². The van der Waals surface area contributed by atoms with E-state index in [1.165, 1.54) is 0 Å². The standard InChI is InChI=1S/2C5H12N2O.Pt/c2*1-4(7-8)5(2,3)6;/h2*8H,6H2,1-3H3;. The van der Waals surface area contributed by atoms with E-state index in [0.29, 0.717) is 11.4 Å². The summed E-state index contributed by atoms with van der Waals surface area (Å²) in [6.45, 7) is 10.5. The molecule has 0 bridgehead atoms. The summed E-state index contributed by atoms with van der Waals surface area (Å²) in [5, 5.41) is 22.3. The number of hydrogen-bond acceptors (Lipinski definition) is 6. The fourth-order valence-corrected chi connectivity index (χ4v) is 0.258. The zero-order chi connectivity index (χ0) is 13.6. The number of hydrogen-bond donors (Lipinski definition) is 4. The predicted octanol–water partition coefficient (Wildman–Crippen LogP) is 1.15. The van der Waals surface area contributed by atoms with Gasteiger partial charge in [0.05, 0.1) is 22.5 Å². The second-order valence-electron chi connectivity index (χ2n) is 4.81. The Hall–Kier alpha value is -0.452. The molecule has 0 spiro atoms. The summed E-state index contributed by atoms with van der Waals surface area (Å²) in [4.78, 5) is 0. The third kappa shape index (κ3) is 11.8. The van der Waals surface area contributed by atoms with E-state index in [9.17, 15) is 0 Å². The van der Waals surface area contributed by atoms with Crippen molar-refractivity contribution in [1.29, 1.82) is 0 Å². The van der Waals surface area contributed by atoms with Crippen LogP contribution in [0.2, 0.25) is 0 Å². The largest absolute Gasteiger partial charge is 0.411 e. The van der Waals surface area contributed by atoms with Crippen molar-refractivity contribution in [3.05, 3.63) is 0 Å². The SMILES string of the molecule is CC(=NO)C(C)(C)N.CC(=NO)C(C)(C)N.[Pt]. The molecule has 0 aliphatic rings. The predicted molar refractivity (Wildman–Crippen MR) is 66.3 cm³/mol. The first-order chi connectivity index (χ1) is 6.96. The van der Waals surface area contributed by atoms with Gasteiger partial charge < -0.3 is 21.9 Å². The number of nitrogens with two attached hydrogens (primary N) is 2. The van der Waals surface area contributed by atoms with Crippen LogP contribution in [0.4, 0.5) is 0 Å². The smallest absolute Gasteiger partial charge is 0.0732 e. The van der Waals surface area contributed by atoms with Crippen LogP contribution in [-0.4, -0.2) is 32.9 Å². The number of rotatable bonds is 2. The van der Waals surface area contributed by atoms with E-state index in [0.717, 1.165) is 0 Å². The molecule has 0 unspecified atom stereocenters. The minimum Gasteiger partial charge on any atom is -0.411 e. The van der Waals surface area contributed by atoms with Crippen LogP contribution in [0, 0.1) is 0 Å². The molecule has 0 heterocycles. The summed E-state index contributed by atoms with van der Waals surface area (Å²) >= 11 is 0. The van der Waals surface area contributed by atoms with Gasteiger partial charge in [-0.1, -0.05) is 10.3 Å². The van der Waals surface area contributed by atoms with Crippen LogP contribution in [0.1, 0.15) is 41.5 Å². The van der Waals surface area contributed by atoms with Crippen LogP contribution in [0.15, 0.2) is 10.3 Å². The molecule has 17 heavy (non-hydrogen) atoms. The van der Waals surface area contributed by atoms with E-state index in [4.69, 9.17) is 21.9 Å². The van der Waals surface area contributed by atoms with Gasteiger partial charge in [0.15, 0.2) is 0 Å². The maximum atomic E-state index is 8.18. The second kappa shape index (κ2) is 8.61. The van der Waals surface area contributed by atoms with Crippen molar-refractivity contribution in [2.75, 3.05) is 0 Å². The molecule has 0 fully saturated rings. The molecule has 0 saturated carbocycles. The second-order valence-corrected chi connectivity index (χ2v) is 4.81. The molecule has 6 N–H and O–H groups in total. The monoisotopic (exact) mass is 427 g/mol. The zero-order valence-electron chi connectivity index (χ0n) is 11.3. The van der Waals surface area contributed by atoms with E-state index >= 15 is 0 Å². The Morgan fingerprint density at radius 1 is 0.824 bits per heavy atom. The van der Waals surface area contributed by atoms with Crippen molar-refractivity contribution in [2.45, 2.75) is 52.6 Å². The first-order valence-corrected chi connectivity index (χ1v) is 4.92. The van der Waals surface area contributed by atoms with Crippen molar-refractivity contribution >= 4 is 11.4 Å². The average Bonchev–Trinajstić information content (AvgIpc) is 2.13. The molecule has 0 aromatic carbocycles. The Balaban J connectivity index is -0.000000218. The van der Waals surface area contributed by atoms with Crippen molar-refractivity contribution in [2.24, 2.45) is 21.8 Å². The summed E-state index contributed by atoms with van der Waals surface area (Å²) < 4.78 is 0. The molecule has 0 aromatic rings. The maximum absolute atomic E-state index is 8.18. The van der Waals surface area contributed by atoms with E-state index in [-0.39, 0.29) is 21.1 Å². The molecule has 0 amide bonds. The summed E-state index contributed by atoms with van der Waals surface area (Å²) in [5.74, 6) is 0. The third-order valence-electron chi connectivity index (χ3n) is 2.16. The minimum atomic E-state index is -0.491. The molecule has 0 radical (unpaired) electrons. The van der Waals surface area contributed by atoms with Gasteiger partial charge in [0.2, 0.25) is 0 Å². The van der Waals surface area contributed by atoms with Gasteiger partial charge in [-0.15, -0.1) is 0 Å². The van der Waals surface area contributed by atoms with Crippen LogP contribution < -0.4 is 11.5 Å². The molecular weight excluding hydrogens is 403 g/mol. The normalized spacial score (nSPS) is 13.4. The molecular formula is C10H24N4O2Pt. The molecule has 106 valence electrons. The Labute approximate surface area is 117 Å². The number of oxime groups is 2. The van der Waals surface area contributed by atoms with Crippen LogP contribution in [0.5, 0.6) is 0 Å². The van der Waals surface area contributed by atoms with Crippen molar-refractivity contribution in [3.8, 4) is 0 Å². The molecule has 6 nitrogen and oxygen atoms in total. The summed E-state index contributed by atoms with van der Waals surface area (Å²) in [6, 6.07) is 0. The molecule has 0 aromatic heterocycles. The Kier molecular flexibility index (Phi) is 11.0. The molecule has 7 heteroatoms. The van der Waals surface area contributed by atoms with Crippen molar-refractivity contribution in [1.82, 2.24) is 0 Å². The van der Waals surface area contributed by atoms with Gasteiger partial charge in [-0.25, -0.2) is 0 Å². The number of nitrogens with zero attached hydrogens (tertiary/aromatic N) is 2. The zero-order valence-corrected chi connectivity index (χ0v) is 13.5. The Morgan fingerprint density at radius 3 is 1.00 bits per heavy atom. The fraction of sp³-hybridized carbons (Fsp3) is 0.800. The van der Waals surface area contributed by atoms with Crippen LogP contribution >= 0.6 is 0 Å². The molecule has 0 aliphatic heterocycles. The Morgan fingerprint density at radius 2 is 1.00 bits per heavy atom. The van der Waals surface area contributed by atoms with E-state index in [1.54, 1.807) is 41.5 Å². The van der Waals surface area contributed by atoms with Crippen molar-refractivity contribution < 1.29 is 31.5 Å². The van der Waals surface area contributed by atoms with Gasteiger partial charge in [0.1, 0.15) is 0 Å². The quantitative estimate of drug-likeness (QED) is 0.300. The van der Waals surface area contributed by atoms with Crippen molar-refractivity contribution in [3.63, 3.8) is 0 Å². The molecule has 0 atom stereocenters. The average molecular weight is 427 g/mol. The van der Waals surface area contributed by atoms with E-state index < -0.39 is 11.1 Å². The van der Waals surface area contributed by atoms with Gasteiger partial charge in [0.25, 0.3) is 0 Å². The first kappa shape index (κ1) is 21.8. The van der Waals surface area contributed by atoms with Crippen LogP contribution in [-0.2, 0) is 21.1 Å². The van der Waals surface area contributed by atoms with Crippen LogP contribution in [0.25, 0.3) is 0 Å². The van der Waals surface area contributed by atoms with E-state index in [1.807, 2.05) is 0 Å². The minimum absolute atomic E-state index is 0. The summed E-state index contributed by atoms with van der Waals surface area (Å²) in [5.41, 5.74) is 11.1. The first-order valence-electron chi connectivity index (χ1n) is 4.92. The van der Waals surface area contributed by atoms with Crippen LogP contribution in [0.3, 0.4) is 0 Å². The van der Waals surface area contributed by atoms with Gasteiger partial charge in [-0.3, -0.25) is 0 Å². The topological polar surface area (TPSA) is 117 Å².